The highest BCUT2D eigenvalue weighted by atomic mass is 32.2. The molecule has 22 heavy (non-hydrogen) atoms. The first-order valence-corrected chi connectivity index (χ1v) is 9.70. The third-order valence-corrected chi connectivity index (χ3v) is 5.82. The molecule has 1 rings (SSSR count). The van der Waals surface area contributed by atoms with Crippen molar-refractivity contribution in [2.45, 2.75) is 70.0 Å². The van der Waals surface area contributed by atoms with Gasteiger partial charge < -0.3 is 9.84 Å². The fourth-order valence-corrected chi connectivity index (χ4v) is 3.51. The largest absolute Gasteiger partial charge is 0.389 e. The van der Waals surface area contributed by atoms with Crippen molar-refractivity contribution in [3.05, 3.63) is 0 Å². The lowest BCUT2D eigenvalue weighted by atomic mass is 9.86. The zero-order chi connectivity index (χ0) is 16.7. The second-order valence-electron chi connectivity index (χ2n) is 6.09. The molecule has 6 nitrogen and oxygen atoms in total. The van der Waals surface area contributed by atoms with E-state index in [1.165, 1.54) is 0 Å². The van der Waals surface area contributed by atoms with Gasteiger partial charge in [-0.15, -0.1) is 0 Å². The summed E-state index contributed by atoms with van der Waals surface area (Å²) in [6, 6.07) is 2.20. The van der Waals surface area contributed by atoms with E-state index in [9.17, 15) is 18.8 Å². The zero-order valence-electron chi connectivity index (χ0n) is 13.6. The van der Waals surface area contributed by atoms with Crippen LogP contribution in [-0.4, -0.2) is 43.6 Å². The third kappa shape index (κ3) is 5.84. The molecule has 0 heterocycles. The molecular weight excluding hydrogens is 304 g/mol. The van der Waals surface area contributed by atoms with Gasteiger partial charge in [-0.1, -0.05) is 20.3 Å². The van der Waals surface area contributed by atoms with Crippen LogP contribution in [0.3, 0.4) is 0 Å². The van der Waals surface area contributed by atoms with Crippen molar-refractivity contribution in [2.75, 3.05) is 18.9 Å². The summed E-state index contributed by atoms with van der Waals surface area (Å²) < 4.78 is 31.9. The van der Waals surface area contributed by atoms with Gasteiger partial charge in [0.1, 0.15) is 0 Å². The predicted molar refractivity (Wildman–Crippen MR) is 84.7 cm³/mol. The van der Waals surface area contributed by atoms with Crippen LogP contribution in [0.2, 0.25) is 0 Å². The van der Waals surface area contributed by atoms with E-state index in [-0.39, 0.29) is 18.9 Å². The molecule has 2 N–H and O–H groups in total. The summed E-state index contributed by atoms with van der Waals surface area (Å²) in [7, 11) is -3.52. The molecule has 0 atom stereocenters. The summed E-state index contributed by atoms with van der Waals surface area (Å²) in [6.07, 6.45) is 5.29. The molecule has 0 aromatic carbocycles. The lowest BCUT2D eigenvalue weighted by molar-refractivity contribution is -0.0198. The van der Waals surface area contributed by atoms with E-state index in [1.807, 2.05) is 13.8 Å². The lowest BCUT2D eigenvalue weighted by Gasteiger charge is -2.30. The van der Waals surface area contributed by atoms with E-state index in [2.05, 4.69) is 10.8 Å². The molecule has 0 amide bonds. The molecule has 0 aromatic rings. The molecule has 0 radical (unpaired) electrons. The monoisotopic (exact) mass is 332 g/mol. The fraction of sp³-hybridized carbons (Fsp3) is 0.933. The van der Waals surface area contributed by atoms with Crippen LogP contribution in [0.5, 0.6) is 0 Å². The summed E-state index contributed by atoms with van der Waals surface area (Å²) in [6.45, 7) is 3.65. The summed E-state index contributed by atoms with van der Waals surface area (Å²) in [5, 5.41) is 19.4. The van der Waals surface area contributed by atoms with E-state index in [4.69, 9.17) is 4.74 Å². The van der Waals surface area contributed by atoms with Gasteiger partial charge >= 0.3 is 0 Å². The van der Waals surface area contributed by atoms with Gasteiger partial charge in [0, 0.05) is 6.54 Å². The van der Waals surface area contributed by atoms with Gasteiger partial charge in [-0.25, -0.2) is 13.1 Å². The summed E-state index contributed by atoms with van der Waals surface area (Å²) in [5.74, 6) is -0.195. The number of hydrogen-bond donors (Lipinski definition) is 2. The Hall–Kier alpha value is -0.680. The molecule has 0 spiro atoms. The van der Waals surface area contributed by atoms with Gasteiger partial charge in [0.2, 0.25) is 10.0 Å². The van der Waals surface area contributed by atoms with Crippen molar-refractivity contribution in [3.8, 4) is 6.07 Å². The van der Waals surface area contributed by atoms with Crippen LogP contribution < -0.4 is 4.72 Å². The predicted octanol–water partition coefficient (Wildman–Crippen LogP) is 1.70. The van der Waals surface area contributed by atoms with Crippen molar-refractivity contribution in [1.29, 1.82) is 5.26 Å². The number of hydrogen-bond acceptors (Lipinski definition) is 5. The van der Waals surface area contributed by atoms with Gasteiger partial charge in [-0.2, -0.15) is 5.26 Å². The van der Waals surface area contributed by atoms with Crippen LogP contribution in [0.4, 0.5) is 0 Å². The second-order valence-corrected chi connectivity index (χ2v) is 8.01. The molecule has 0 unspecified atom stereocenters. The Bertz CT molecular complexity index is 474. The van der Waals surface area contributed by atoms with E-state index in [0.29, 0.717) is 25.7 Å². The van der Waals surface area contributed by atoms with E-state index in [0.717, 1.165) is 19.3 Å². The van der Waals surface area contributed by atoms with Gasteiger partial charge in [0.25, 0.3) is 0 Å². The zero-order valence-corrected chi connectivity index (χ0v) is 14.4. The van der Waals surface area contributed by atoms with Crippen LogP contribution in [0.15, 0.2) is 0 Å². The smallest absolute Gasteiger partial charge is 0.213 e. The van der Waals surface area contributed by atoms with Crippen molar-refractivity contribution >= 4 is 10.0 Å². The highest BCUT2D eigenvalue weighted by Crippen LogP contribution is 2.30. The van der Waals surface area contributed by atoms with Gasteiger partial charge in [-0.05, 0) is 38.5 Å². The second kappa shape index (κ2) is 8.25. The standard InChI is InChI=1S/C15H28N2O4S/c1-3-14(18,4-2)13-17-22(19,20)11-10-21-15(12-16)8-6-5-7-9-15/h17-18H,3-11,13H2,1-2H3. The highest BCUT2D eigenvalue weighted by Gasteiger charge is 2.33. The maximum absolute atomic E-state index is 12.0. The first-order chi connectivity index (χ1) is 10.3. The number of nitrogens with zero attached hydrogens (tertiary/aromatic N) is 1. The number of nitrogens with one attached hydrogen (secondary N) is 1. The Kier molecular flexibility index (Phi) is 7.26. The van der Waals surface area contributed by atoms with Crippen LogP contribution in [0.25, 0.3) is 0 Å². The topological polar surface area (TPSA) is 99.4 Å². The summed E-state index contributed by atoms with van der Waals surface area (Å²) in [5.41, 5.74) is -1.83. The van der Waals surface area contributed by atoms with Crippen molar-refractivity contribution < 1.29 is 18.3 Å². The Morgan fingerprint density at radius 3 is 2.36 bits per heavy atom. The average molecular weight is 332 g/mol. The molecule has 128 valence electrons. The van der Waals surface area contributed by atoms with E-state index >= 15 is 0 Å². The van der Waals surface area contributed by atoms with Crippen LogP contribution in [0, 0.1) is 11.3 Å². The normalized spacial score (nSPS) is 18.8. The van der Waals surface area contributed by atoms with Crippen LogP contribution in [-0.2, 0) is 14.8 Å². The average Bonchev–Trinajstić information content (AvgIpc) is 2.53. The number of nitriles is 1. The quantitative estimate of drug-likeness (QED) is 0.669. The molecule has 0 aromatic heterocycles. The summed E-state index contributed by atoms with van der Waals surface area (Å²) >= 11 is 0. The Morgan fingerprint density at radius 1 is 1.27 bits per heavy atom. The number of sulfonamides is 1. The maximum atomic E-state index is 12.0. The molecule has 1 saturated carbocycles. The first kappa shape index (κ1) is 19.4. The van der Waals surface area contributed by atoms with Gasteiger partial charge in [0.15, 0.2) is 5.60 Å². The third-order valence-electron chi connectivity index (χ3n) is 4.53. The molecule has 0 saturated heterocycles. The Balaban J connectivity index is 2.44. The van der Waals surface area contributed by atoms with E-state index in [1.54, 1.807) is 0 Å². The molecule has 7 heteroatoms. The molecule has 0 bridgehead atoms. The minimum Gasteiger partial charge on any atom is -0.389 e. The molecule has 1 aliphatic carbocycles. The molecule has 0 aliphatic heterocycles. The lowest BCUT2D eigenvalue weighted by Crippen LogP contribution is -2.43. The molecular formula is C15H28N2O4S. The SMILES string of the molecule is CCC(O)(CC)CNS(=O)(=O)CCOC1(C#N)CCCCC1. The Labute approximate surface area is 133 Å². The molecule has 1 aliphatic rings. The Morgan fingerprint density at radius 2 is 1.86 bits per heavy atom. The number of ether oxygens (including phenoxy) is 1. The number of aliphatic hydroxyl groups is 1. The van der Waals surface area contributed by atoms with Crippen molar-refractivity contribution in [1.82, 2.24) is 4.72 Å². The first-order valence-electron chi connectivity index (χ1n) is 8.05. The minimum atomic E-state index is -3.52. The fourth-order valence-electron chi connectivity index (χ4n) is 2.57. The van der Waals surface area contributed by atoms with Crippen LogP contribution >= 0.6 is 0 Å². The molecule has 1 fully saturated rings. The summed E-state index contributed by atoms with van der Waals surface area (Å²) in [4.78, 5) is 0. The van der Waals surface area contributed by atoms with Gasteiger partial charge in [0.05, 0.1) is 24.0 Å². The van der Waals surface area contributed by atoms with Crippen molar-refractivity contribution in [2.24, 2.45) is 0 Å². The van der Waals surface area contributed by atoms with Crippen LogP contribution in [0.1, 0.15) is 58.8 Å². The number of rotatable bonds is 9. The maximum Gasteiger partial charge on any atom is 0.213 e. The minimum absolute atomic E-state index is 0.000425. The van der Waals surface area contributed by atoms with Gasteiger partial charge in [-0.3, -0.25) is 0 Å². The highest BCUT2D eigenvalue weighted by molar-refractivity contribution is 7.89. The van der Waals surface area contributed by atoms with Crippen molar-refractivity contribution in [3.63, 3.8) is 0 Å². The van der Waals surface area contributed by atoms with E-state index < -0.39 is 21.2 Å².